The second-order valence-corrected chi connectivity index (χ2v) is 5.83. The number of ether oxygens (including phenoxy) is 1. The molecule has 2 bridgehead atoms. The highest BCUT2D eigenvalue weighted by Crippen LogP contribution is 2.46. The maximum absolute atomic E-state index is 12.2. The first-order valence-corrected chi connectivity index (χ1v) is 7.09. The largest absolute Gasteiger partial charge is 0.458 e. The lowest BCUT2D eigenvalue weighted by molar-refractivity contribution is -0.394. The van der Waals surface area contributed by atoms with Gasteiger partial charge in [0.2, 0.25) is 0 Å². The molecule has 8 heteroatoms. The Morgan fingerprint density at radius 3 is 2.45 bits per heavy atom. The fraction of sp³-hybridized carbons (Fsp3) is 0.500. The van der Waals surface area contributed by atoms with Gasteiger partial charge in [0.1, 0.15) is 11.7 Å². The van der Waals surface area contributed by atoms with Gasteiger partial charge in [0.15, 0.2) is 0 Å². The molecule has 0 N–H and O–H groups in total. The molecule has 0 aromatic heterocycles. The van der Waals surface area contributed by atoms with E-state index < -0.39 is 27.2 Å². The molecule has 0 spiro atoms. The van der Waals surface area contributed by atoms with Crippen molar-refractivity contribution in [1.29, 1.82) is 0 Å². The lowest BCUT2D eigenvalue weighted by Crippen LogP contribution is -2.24. The SMILES string of the molecule is O=C(O[C@H]1C[C@H]2CC[C@@H]1C2)c1ccc([N+](=O)[O-])cc1[N+](=O)[O-]. The summed E-state index contributed by atoms with van der Waals surface area (Å²) in [6, 6.07) is 2.95. The van der Waals surface area contributed by atoms with Gasteiger partial charge in [0.25, 0.3) is 11.4 Å². The number of rotatable bonds is 4. The zero-order valence-corrected chi connectivity index (χ0v) is 11.6. The summed E-state index contributed by atoms with van der Waals surface area (Å²) in [5, 5.41) is 21.7. The van der Waals surface area contributed by atoms with Crippen LogP contribution < -0.4 is 0 Å². The van der Waals surface area contributed by atoms with Crippen LogP contribution in [0.3, 0.4) is 0 Å². The van der Waals surface area contributed by atoms with Crippen LogP contribution in [0.4, 0.5) is 11.4 Å². The Kier molecular flexibility index (Phi) is 3.51. The van der Waals surface area contributed by atoms with E-state index in [1.165, 1.54) is 0 Å². The molecule has 3 atom stereocenters. The molecular formula is C14H14N2O6. The van der Waals surface area contributed by atoms with Crippen molar-refractivity contribution in [2.24, 2.45) is 11.8 Å². The maximum Gasteiger partial charge on any atom is 0.345 e. The predicted octanol–water partition coefficient (Wildman–Crippen LogP) is 2.85. The first-order chi connectivity index (χ1) is 10.5. The van der Waals surface area contributed by atoms with Crippen LogP contribution in [-0.4, -0.2) is 21.9 Å². The normalized spacial score (nSPS) is 25.9. The number of nitrogens with zero attached hydrogens (tertiary/aromatic N) is 2. The second kappa shape index (κ2) is 5.36. The summed E-state index contributed by atoms with van der Waals surface area (Å²) >= 11 is 0. The fourth-order valence-electron chi connectivity index (χ4n) is 3.49. The summed E-state index contributed by atoms with van der Waals surface area (Å²) in [5.74, 6) is 0.139. The molecule has 0 radical (unpaired) electrons. The molecule has 2 fully saturated rings. The number of non-ortho nitro benzene ring substituents is 1. The zero-order chi connectivity index (χ0) is 15.9. The minimum absolute atomic E-state index is 0.193. The fourth-order valence-corrected chi connectivity index (χ4v) is 3.49. The summed E-state index contributed by atoms with van der Waals surface area (Å²) in [6.45, 7) is 0. The van der Waals surface area contributed by atoms with Crippen LogP contribution in [0.2, 0.25) is 0 Å². The van der Waals surface area contributed by atoms with E-state index in [-0.39, 0.29) is 11.7 Å². The molecule has 1 aromatic rings. The minimum atomic E-state index is -0.801. The van der Waals surface area contributed by atoms with Gasteiger partial charge in [-0.15, -0.1) is 0 Å². The molecule has 0 saturated heterocycles. The average molecular weight is 306 g/mol. The van der Waals surface area contributed by atoms with Gasteiger partial charge in [-0.05, 0) is 43.6 Å². The second-order valence-electron chi connectivity index (χ2n) is 5.83. The topological polar surface area (TPSA) is 113 Å². The molecule has 2 aliphatic rings. The van der Waals surface area contributed by atoms with Crippen LogP contribution >= 0.6 is 0 Å². The first-order valence-electron chi connectivity index (χ1n) is 7.09. The van der Waals surface area contributed by atoms with E-state index in [0.29, 0.717) is 11.8 Å². The average Bonchev–Trinajstić information content (AvgIpc) is 3.08. The van der Waals surface area contributed by atoms with Crippen molar-refractivity contribution in [3.63, 3.8) is 0 Å². The van der Waals surface area contributed by atoms with E-state index >= 15 is 0 Å². The number of benzene rings is 1. The van der Waals surface area contributed by atoms with Gasteiger partial charge in [-0.1, -0.05) is 0 Å². The van der Waals surface area contributed by atoms with Crippen LogP contribution in [0.25, 0.3) is 0 Å². The van der Waals surface area contributed by atoms with Gasteiger partial charge in [0, 0.05) is 6.07 Å². The molecule has 0 heterocycles. The highest BCUT2D eigenvalue weighted by atomic mass is 16.6. The van der Waals surface area contributed by atoms with Crippen LogP contribution in [0.15, 0.2) is 18.2 Å². The molecule has 3 rings (SSSR count). The summed E-state index contributed by atoms with van der Waals surface area (Å²) in [5.41, 5.74) is -1.26. The number of hydrogen-bond donors (Lipinski definition) is 0. The minimum Gasteiger partial charge on any atom is -0.458 e. The molecule has 0 amide bonds. The quantitative estimate of drug-likeness (QED) is 0.480. The summed E-state index contributed by atoms with van der Waals surface area (Å²) in [4.78, 5) is 32.4. The Labute approximate surface area is 125 Å². The molecule has 8 nitrogen and oxygen atoms in total. The third-order valence-electron chi connectivity index (χ3n) is 4.54. The zero-order valence-electron chi connectivity index (χ0n) is 11.6. The number of fused-ring (bicyclic) bond motifs is 2. The first kappa shape index (κ1) is 14.4. The van der Waals surface area contributed by atoms with E-state index in [0.717, 1.165) is 43.9 Å². The van der Waals surface area contributed by atoms with Gasteiger partial charge in [0.05, 0.1) is 15.9 Å². The summed E-state index contributed by atoms with van der Waals surface area (Å²) in [6.07, 6.45) is 3.82. The van der Waals surface area contributed by atoms with Gasteiger partial charge in [-0.3, -0.25) is 20.2 Å². The van der Waals surface area contributed by atoms with Gasteiger partial charge >= 0.3 is 5.97 Å². The number of nitro groups is 2. The third kappa shape index (κ3) is 2.51. The van der Waals surface area contributed by atoms with Crippen molar-refractivity contribution in [2.45, 2.75) is 31.8 Å². The molecule has 0 unspecified atom stereocenters. The Morgan fingerprint density at radius 2 is 1.91 bits per heavy atom. The van der Waals surface area contributed by atoms with Crippen molar-refractivity contribution in [1.82, 2.24) is 0 Å². The third-order valence-corrected chi connectivity index (χ3v) is 4.54. The van der Waals surface area contributed by atoms with Crippen molar-refractivity contribution >= 4 is 17.3 Å². The molecule has 22 heavy (non-hydrogen) atoms. The standard InChI is InChI=1S/C14H14N2O6/c17-14(22-13-6-8-1-2-9(13)5-8)11-4-3-10(15(18)19)7-12(11)16(20)21/h3-4,7-9,13H,1-2,5-6H2/t8-,9+,13-/m0/s1. The van der Waals surface area contributed by atoms with E-state index in [4.69, 9.17) is 4.74 Å². The summed E-state index contributed by atoms with van der Waals surface area (Å²) in [7, 11) is 0. The molecule has 0 aliphatic heterocycles. The number of carbonyl (C=O) groups excluding carboxylic acids is 1. The predicted molar refractivity (Wildman–Crippen MR) is 74.4 cm³/mol. The van der Waals surface area contributed by atoms with Crippen LogP contribution in [0, 0.1) is 32.1 Å². The molecule has 1 aromatic carbocycles. The van der Waals surface area contributed by atoms with E-state index in [1.807, 2.05) is 0 Å². The van der Waals surface area contributed by atoms with E-state index in [9.17, 15) is 25.0 Å². The lowest BCUT2D eigenvalue weighted by atomic mass is 9.97. The molecule has 2 aliphatic carbocycles. The Morgan fingerprint density at radius 1 is 1.14 bits per heavy atom. The molecule has 116 valence electrons. The van der Waals surface area contributed by atoms with Crippen molar-refractivity contribution in [2.75, 3.05) is 0 Å². The lowest BCUT2D eigenvalue weighted by Gasteiger charge is -2.21. The monoisotopic (exact) mass is 306 g/mol. The van der Waals surface area contributed by atoms with Gasteiger partial charge in [-0.25, -0.2) is 4.79 Å². The Balaban J connectivity index is 1.82. The van der Waals surface area contributed by atoms with Crippen LogP contribution in [0.5, 0.6) is 0 Å². The van der Waals surface area contributed by atoms with Crippen LogP contribution in [0.1, 0.15) is 36.0 Å². The van der Waals surface area contributed by atoms with Gasteiger partial charge < -0.3 is 4.74 Å². The Bertz CT molecular complexity index is 659. The smallest absolute Gasteiger partial charge is 0.345 e. The van der Waals surface area contributed by atoms with Crippen LogP contribution in [-0.2, 0) is 4.74 Å². The Hall–Kier alpha value is -2.51. The highest BCUT2D eigenvalue weighted by Gasteiger charge is 2.42. The van der Waals surface area contributed by atoms with Gasteiger partial charge in [-0.2, -0.15) is 0 Å². The number of hydrogen-bond acceptors (Lipinski definition) is 6. The molecule has 2 saturated carbocycles. The van der Waals surface area contributed by atoms with Crippen molar-refractivity contribution in [3.05, 3.63) is 44.0 Å². The van der Waals surface area contributed by atoms with Crippen molar-refractivity contribution < 1.29 is 19.4 Å². The van der Waals surface area contributed by atoms with E-state index in [2.05, 4.69) is 0 Å². The number of esters is 1. The number of nitro benzene ring substituents is 2. The van der Waals surface area contributed by atoms with Crippen molar-refractivity contribution in [3.8, 4) is 0 Å². The highest BCUT2D eigenvalue weighted by molar-refractivity contribution is 5.94. The number of carbonyl (C=O) groups is 1. The van der Waals surface area contributed by atoms with E-state index in [1.54, 1.807) is 0 Å². The molecular weight excluding hydrogens is 292 g/mol. The summed E-state index contributed by atoms with van der Waals surface area (Å²) < 4.78 is 5.41. The maximum atomic E-state index is 12.2.